The zero-order chi connectivity index (χ0) is 15.1. The Morgan fingerprint density at radius 2 is 1.90 bits per heavy atom. The highest BCUT2D eigenvalue weighted by Gasteiger charge is 2.29. The molecule has 21 heavy (non-hydrogen) atoms. The first-order valence-corrected chi connectivity index (χ1v) is 9.88. The first kappa shape index (κ1) is 17.1. The Bertz CT molecular complexity index is 410. The standard InChI is InChI=1S/C15H28N4S2/c1-3-9-15(11-20,10-4-2)12-21-14-16-17-18-19(14)13-7-5-6-8-13/h13,20H,3-12H2,1-2H3. The van der Waals surface area contributed by atoms with Crippen LogP contribution in [0.15, 0.2) is 5.16 Å². The second kappa shape index (κ2) is 8.42. The van der Waals surface area contributed by atoms with Gasteiger partial charge in [0, 0.05) is 5.75 Å². The fraction of sp³-hybridized carbons (Fsp3) is 0.933. The third-order valence-corrected chi connectivity index (χ3v) is 6.49. The van der Waals surface area contributed by atoms with Gasteiger partial charge in [0.1, 0.15) is 0 Å². The molecule has 1 aromatic rings. The number of tetrazole rings is 1. The molecule has 0 saturated heterocycles. The van der Waals surface area contributed by atoms with E-state index in [1.165, 1.54) is 51.4 Å². The van der Waals surface area contributed by atoms with Gasteiger partial charge in [0.05, 0.1) is 6.04 Å². The molecule has 1 aromatic heterocycles. The van der Waals surface area contributed by atoms with Gasteiger partial charge in [-0.25, -0.2) is 4.68 Å². The van der Waals surface area contributed by atoms with E-state index in [1.807, 2.05) is 11.8 Å². The van der Waals surface area contributed by atoms with Gasteiger partial charge in [-0.2, -0.15) is 12.6 Å². The molecule has 0 unspecified atom stereocenters. The van der Waals surface area contributed by atoms with E-state index in [0.717, 1.165) is 16.7 Å². The highest BCUT2D eigenvalue weighted by atomic mass is 32.2. The molecule has 2 rings (SSSR count). The predicted molar refractivity (Wildman–Crippen MR) is 92.1 cm³/mol. The molecule has 1 saturated carbocycles. The zero-order valence-electron chi connectivity index (χ0n) is 13.3. The van der Waals surface area contributed by atoms with Crippen LogP contribution in [0, 0.1) is 5.41 Å². The normalized spacial score (nSPS) is 16.7. The fourth-order valence-electron chi connectivity index (χ4n) is 3.41. The summed E-state index contributed by atoms with van der Waals surface area (Å²) in [4.78, 5) is 0. The molecule has 0 N–H and O–H groups in total. The highest BCUT2D eigenvalue weighted by molar-refractivity contribution is 7.99. The number of hydrogen-bond acceptors (Lipinski definition) is 5. The molecule has 0 radical (unpaired) electrons. The fourth-order valence-corrected chi connectivity index (χ4v) is 5.23. The summed E-state index contributed by atoms with van der Waals surface area (Å²) in [7, 11) is 0. The summed E-state index contributed by atoms with van der Waals surface area (Å²) in [5.41, 5.74) is 0.323. The molecular weight excluding hydrogens is 300 g/mol. The predicted octanol–water partition coefficient (Wildman–Crippen LogP) is 4.40. The van der Waals surface area contributed by atoms with Crippen LogP contribution >= 0.6 is 24.4 Å². The van der Waals surface area contributed by atoms with Crippen molar-refractivity contribution < 1.29 is 0 Å². The van der Waals surface area contributed by atoms with Gasteiger partial charge in [-0.3, -0.25) is 0 Å². The van der Waals surface area contributed by atoms with Gasteiger partial charge in [-0.1, -0.05) is 51.3 Å². The third kappa shape index (κ3) is 4.38. The largest absolute Gasteiger partial charge is 0.217 e. The van der Waals surface area contributed by atoms with Crippen LogP contribution in [0.3, 0.4) is 0 Å². The van der Waals surface area contributed by atoms with Crippen molar-refractivity contribution in [1.82, 2.24) is 20.2 Å². The van der Waals surface area contributed by atoms with Crippen LogP contribution in [-0.4, -0.2) is 31.7 Å². The summed E-state index contributed by atoms with van der Waals surface area (Å²) in [6.07, 6.45) is 9.97. The maximum atomic E-state index is 4.64. The molecule has 0 spiro atoms. The molecule has 0 aromatic carbocycles. The Morgan fingerprint density at radius 1 is 1.24 bits per heavy atom. The minimum Gasteiger partial charge on any atom is -0.217 e. The van der Waals surface area contributed by atoms with Gasteiger partial charge in [-0.05, 0) is 47.3 Å². The van der Waals surface area contributed by atoms with Crippen LogP contribution in [-0.2, 0) is 0 Å². The van der Waals surface area contributed by atoms with E-state index < -0.39 is 0 Å². The van der Waals surface area contributed by atoms with Gasteiger partial charge < -0.3 is 0 Å². The summed E-state index contributed by atoms with van der Waals surface area (Å²) in [6, 6.07) is 0.519. The van der Waals surface area contributed by atoms with E-state index in [9.17, 15) is 0 Å². The van der Waals surface area contributed by atoms with Gasteiger partial charge in [0.2, 0.25) is 5.16 Å². The average molecular weight is 329 g/mol. The smallest absolute Gasteiger partial charge is 0.209 e. The van der Waals surface area contributed by atoms with Gasteiger partial charge >= 0.3 is 0 Å². The van der Waals surface area contributed by atoms with E-state index in [-0.39, 0.29) is 0 Å². The Labute approximate surface area is 138 Å². The Morgan fingerprint density at radius 3 is 2.48 bits per heavy atom. The lowest BCUT2D eigenvalue weighted by Gasteiger charge is -2.31. The van der Waals surface area contributed by atoms with E-state index in [1.54, 1.807) is 0 Å². The molecule has 0 amide bonds. The monoisotopic (exact) mass is 328 g/mol. The Kier molecular flexibility index (Phi) is 6.86. The molecule has 4 nitrogen and oxygen atoms in total. The summed E-state index contributed by atoms with van der Waals surface area (Å²) in [6.45, 7) is 4.53. The number of nitrogens with zero attached hydrogens (tertiary/aromatic N) is 4. The lowest BCUT2D eigenvalue weighted by Crippen LogP contribution is -2.26. The number of aromatic nitrogens is 4. The summed E-state index contributed by atoms with van der Waals surface area (Å²) in [5.74, 6) is 2.03. The first-order chi connectivity index (χ1) is 10.2. The molecule has 1 heterocycles. The number of thiol groups is 1. The zero-order valence-corrected chi connectivity index (χ0v) is 15.0. The van der Waals surface area contributed by atoms with E-state index in [0.29, 0.717) is 11.5 Å². The minimum absolute atomic E-state index is 0.323. The second-order valence-corrected chi connectivity index (χ2v) is 7.55. The van der Waals surface area contributed by atoms with Crippen LogP contribution in [0.1, 0.15) is 71.3 Å². The molecule has 1 fully saturated rings. The lowest BCUT2D eigenvalue weighted by molar-refractivity contribution is 0.317. The summed E-state index contributed by atoms with van der Waals surface area (Å²) in [5, 5.41) is 13.4. The highest BCUT2D eigenvalue weighted by Crippen LogP contribution is 2.38. The van der Waals surface area contributed by atoms with Crippen LogP contribution in [0.25, 0.3) is 0 Å². The molecule has 6 heteroatoms. The third-order valence-electron chi connectivity index (χ3n) is 4.54. The maximum absolute atomic E-state index is 4.64. The number of hydrogen-bond donors (Lipinski definition) is 1. The molecule has 1 aliphatic rings. The molecule has 0 aliphatic heterocycles. The van der Waals surface area contributed by atoms with Gasteiger partial charge in [0.25, 0.3) is 0 Å². The topological polar surface area (TPSA) is 43.6 Å². The van der Waals surface area contributed by atoms with Crippen LogP contribution < -0.4 is 0 Å². The van der Waals surface area contributed by atoms with Gasteiger partial charge in [-0.15, -0.1) is 5.10 Å². The van der Waals surface area contributed by atoms with Crippen LogP contribution in [0.2, 0.25) is 0 Å². The van der Waals surface area contributed by atoms with Crippen LogP contribution in [0.4, 0.5) is 0 Å². The summed E-state index contributed by atoms with van der Waals surface area (Å²) >= 11 is 6.47. The first-order valence-electron chi connectivity index (χ1n) is 8.26. The molecule has 0 bridgehead atoms. The number of thioether (sulfide) groups is 1. The van der Waals surface area contributed by atoms with Crippen molar-refractivity contribution in [2.24, 2.45) is 5.41 Å². The van der Waals surface area contributed by atoms with Crippen molar-refractivity contribution in [2.75, 3.05) is 11.5 Å². The van der Waals surface area contributed by atoms with E-state index in [2.05, 4.69) is 46.7 Å². The quantitative estimate of drug-likeness (QED) is 0.539. The molecule has 120 valence electrons. The van der Waals surface area contributed by atoms with Crippen LogP contribution in [0.5, 0.6) is 0 Å². The van der Waals surface area contributed by atoms with Crippen molar-refractivity contribution in [1.29, 1.82) is 0 Å². The molecule has 1 aliphatic carbocycles. The van der Waals surface area contributed by atoms with Crippen molar-refractivity contribution in [3.63, 3.8) is 0 Å². The van der Waals surface area contributed by atoms with Crippen molar-refractivity contribution in [2.45, 2.75) is 76.4 Å². The summed E-state index contributed by atoms with van der Waals surface area (Å²) < 4.78 is 2.07. The SMILES string of the molecule is CCCC(CS)(CCC)CSc1nnnn1C1CCCC1. The van der Waals surface area contributed by atoms with Gasteiger partial charge in [0.15, 0.2) is 0 Å². The minimum atomic E-state index is 0.323. The van der Waals surface area contributed by atoms with Crippen molar-refractivity contribution in [3.05, 3.63) is 0 Å². The van der Waals surface area contributed by atoms with E-state index in [4.69, 9.17) is 0 Å². The second-order valence-electron chi connectivity index (χ2n) is 6.29. The maximum Gasteiger partial charge on any atom is 0.209 e. The Hall–Kier alpha value is -0.230. The lowest BCUT2D eigenvalue weighted by atomic mass is 9.83. The van der Waals surface area contributed by atoms with Crippen molar-refractivity contribution >= 4 is 24.4 Å². The average Bonchev–Trinajstić information content (AvgIpc) is 3.15. The van der Waals surface area contributed by atoms with Crippen molar-refractivity contribution in [3.8, 4) is 0 Å². The van der Waals surface area contributed by atoms with E-state index >= 15 is 0 Å². The molecule has 0 atom stereocenters. The Balaban J connectivity index is 2.01. The molecular formula is C15H28N4S2. The number of rotatable bonds is 9.